The van der Waals surface area contributed by atoms with Crippen LogP contribution < -0.4 is 5.73 Å². The standard InChI is InChI=1S/C16H14N6O/c17-8-11-3-5-12(6-4-11)9-22-16-15(20-21-22)14(18-10-19-16)13-2-1-7-23-13/h1-7,10H,8-9,17H2. The van der Waals surface area contributed by atoms with Gasteiger partial charge < -0.3 is 10.2 Å². The molecule has 4 aromatic rings. The van der Waals surface area contributed by atoms with Crippen LogP contribution in [0.4, 0.5) is 0 Å². The summed E-state index contributed by atoms with van der Waals surface area (Å²) in [7, 11) is 0. The van der Waals surface area contributed by atoms with Crippen LogP contribution in [-0.4, -0.2) is 25.0 Å². The van der Waals surface area contributed by atoms with E-state index in [0.29, 0.717) is 35.7 Å². The largest absolute Gasteiger partial charge is 0.463 e. The normalized spacial score (nSPS) is 11.2. The van der Waals surface area contributed by atoms with E-state index >= 15 is 0 Å². The van der Waals surface area contributed by atoms with E-state index in [2.05, 4.69) is 20.3 Å². The van der Waals surface area contributed by atoms with E-state index in [4.69, 9.17) is 10.2 Å². The van der Waals surface area contributed by atoms with Crippen LogP contribution >= 0.6 is 0 Å². The molecule has 0 saturated heterocycles. The molecular weight excluding hydrogens is 292 g/mol. The minimum absolute atomic E-state index is 0.534. The van der Waals surface area contributed by atoms with E-state index in [1.54, 1.807) is 10.9 Å². The second kappa shape index (κ2) is 5.62. The Labute approximate surface area is 131 Å². The first-order valence-electron chi connectivity index (χ1n) is 7.21. The number of benzene rings is 1. The molecule has 0 aliphatic heterocycles. The number of fused-ring (bicyclic) bond motifs is 1. The van der Waals surface area contributed by atoms with Crippen molar-refractivity contribution in [2.24, 2.45) is 5.73 Å². The average Bonchev–Trinajstić information content (AvgIpc) is 3.26. The van der Waals surface area contributed by atoms with Gasteiger partial charge in [0.2, 0.25) is 0 Å². The second-order valence-corrected chi connectivity index (χ2v) is 5.14. The van der Waals surface area contributed by atoms with E-state index in [0.717, 1.165) is 11.1 Å². The van der Waals surface area contributed by atoms with Crippen molar-refractivity contribution >= 4 is 11.2 Å². The molecular formula is C16H14N6O. The van der Waals surface area contributed by atoms with Crippen molar-refractivity contribution in [2.75, 3.05) is 0 Å². The Morgan fingerprint density at radius 1 is 1.04 bits per heavy atom. The van der Waals surface area contributed by atoms with Crippen LogP contribution in [0.1, 0.15) is 11.1 Å². The Bertz CT molecular complexity index is 927. The number of aromatic nitrogens is 5. The third-order valence-electron chi connectivity index (χ3n) is 3.65. The van der Waals surface area contributed by atoms with Gasteiger partial charge >= 0.3 is 0 Å². The van der Waals surface area contributed by atoms with Crippen molar-refractivity contribution in [1.82, 2.24) is 25.0 Å². The molecule has 0 radical (unpaired) electrons. The first kappa shape index (κ1) is 13.6. The summed E-state index contributed by atoms with van der Waals surface area (Å²) in [5.74, 6) is 0.650. The minimum Gasteiger partial charge on any atom is -0.463 e. The van der Waals surface area contributed by atoms with Gasteiger partial charge in [-0.1, -0.05) is 29.5 Å². The van der Waals surface area contributed by atoms with Gasteiger partial charge in [-0.25, -0.2) is 14.6 Å². The monoisotopic (exact) mass is 306 g/mol. The molecule has 0 amide bonds. The van der Waals surface area contributed by atoms with Crippen LogP contribution in [0.3, 0.4) is 0 Å². The van der Waals surface area contributed by atoms with Gasteiger partial charge in [-0.2, -0.15) is 0 Å². The van der Waals surface area contributed by atoms with Crippen molar-refractivity contribution < 1.29 is 4.42 Å². The van der Waals surface area contributed by atoms with E-state index in [-0.39, 0.29) is 0 Å². The number of hydrogen-bond acceptors (Lipinski definition) is 6. The highest BCUT2D eigenvalue weighted by Gasteiger charge is 2.15. The number of nitrogens with two attached hydrogens (primary N) is 1. The summed E-state index contributed by atoms with van der Waals surface area (Å²) in [5.41, 5.74) is 9.77. The Hall–Kier alpha value is -3.06. The number of hydrogen-bond donors (Lipinski definition) is 1. The topological polar surface area (TPSA) is 95.7 Å². The van der Waals surface area contributed by atoms with Crippen LogP contribution in [-0.2, 0) is 13.1 Å². The maximum absolute atomic E-state index is 5.62. The van der Waals surface area contributed by atoms with Crippen LogP contribution in [0, 0.1) is 0 Å². The minimum atomic E-state index is 0.534. The maximum atomic E-state index is 5.62. The van der Waals surface area contributed by atoms with Gasteiger partial charge in [0.15, 0.2) is 16.9 Å². The van der Waals surface area contributed by atoms with Gasteiger partial charge in [0.25, 0.3) is 0 Å². The first-order chi connectivity index (χ1) is 11.3. The second-order valence-electron chi connectivity index (χ2n) is 5.14. The molecule has 23 heavy (non-hydrogen) atoms. The molecule has 7 heteroatoms. The third kappa shape index (κ3) is 2.47. The molecule has 0 bridgehead atoms. The van der Waals surface area contributed by atoms with Gasteiger partial charge in [0, 0.05) is 6.54 Å². The SMILES string of the molecule is NCc1ccc(Cn2nnc3c(-c4ccco4)ncnc32)cc1. The smallest absolute Gasteiger partial charge is 0.182 e. The quantitative estimate of drug-likeness (QED) is 0.619. The molecule has 0 atom stereocenters. The predicted molar refractivity (Wildman–Crippen MR) is 84.3 cm³/mol. The van der Waals surface area contributed by atoms with Gasteiger partial charge in [-0.05, 0) is 23.3 Å². The van der Waals surface area contributed by atoms with Crippen LogP contribution in [0.25, 0.3) is 22.6 Å². The maximum Gasteiger partial charge on any atom is 0.182 e. The van der Waals surface area contributed by atoms with Crippen LogP contribution in [0.2, 0.25) is 0 Å². The highest BCUT2D eigenvalue weighted by atomic mass is 16.3. The molecule has 0 aliphatic carbocycles. The van der Waals surface area contributed by atoms with E-state index in [1.807, 2.05) is 36.4 Å². The lowest BCUT2D eigenvalue weighted by Gasteiger charge is -2.03. The lowest BCUT2D eigenvalue weighted by Crippen LogP contribution is -2.04. The fourth-order valence-corrected chi connectivity index (χ4v) is 2.45. The molecule has 0 fully saturated rings. The van der Waals surface area contributed by atoms with E-state index in [9.17, 15) is 0 Å². The molecule has 0 saturated carbocycles. The molecule has 0 spiro atoms. The fourth-order valence-electron chi connectivity index (χ4n) is 2.45. The Kier molecular flexibility index (Phi) is 3.32. The summed E-state index contributed by atoms with van der Waals surface area (Å²) in [6.45, 7) is 1.11. The van der Waals surface area contributed by atoms with Crippen molar-refractivity contribution in [3.05, 3.63) is 60.1 Å². The van der Waals surface area contributed by atoms with E-state index in [1.165, 1.54) is 6.33 Å². The molecule has 7 nitrogen and oxygen atoms in total. The summed E-state index contributed by atoms with van der Waals surface area (Å²) in [6, 6.07) is 11.7. The van der Waals surface area contributed by atoms with Crippen molar-refractivity contribution in [1.29, 1.82) is 0 Å². The molecule has 3 heterocycles. The lowest BCUT2D eigenvalue weighted by atomic mass is 10.1. The van der Waals surface area contributed by atoms with Gasteiger partial charge in [0.1, 0.15) is 12.0 Å². The summed E-state index contributed by atoms with van der Waals surface area (Å²) >= 11 is 0. The third-order valence-corrected chi connectivity index (χ3v) is 3.65. The highest BCUT2D eigenvalue weighted by molar-refractivity contribution is 5.84. The molecule has 4 rings (SSSR count). The highest BCUT2D eigenvalue weighted by Crippen LogP contribution is 2.23. The average molecular weight is 306 g/mol. The summed E-state index contributed by atoms with van der Waals surface area (Å²) in [4.78, 5) is 8.56. The van der Waals surface area contributed by atoms with Gasteiger partial charge in [-0.3, -0.25) is 0 Å². The van der Waals surface area contributed by atoms with Crippen molar-refractivity contribution in [3.63, 3.8) is 0 Å². The first-order valence-corrected chi connectivity index (χ1v) is 7.21. The predicted octanol–water partition coefficient (Wildman–Crippen LogP) is 1.99. The molecule has 0 aliphatic rings. The summed E-state index contributed by atoms with van der Waals surface area (Å²) < 4.78 is 7.15. The Morgan fingerprint density at radius 3 is 2.61 bits per heavy atom. The molecule has 3 aromatic heterocycles. The molecule has 0 unspecified atom stereocenters. The molecule has 1 aromatic carbocycles. The Balaban J connectivity index is 1.72. The van der Waals surface area contributed by atoms with Crippen LogP contribution in [0.15, 0.2) is 53.4 Å². The Morgan fingerprint density at radius 2 is 1.87 bits per heavy atom. The summed E-state index contributed by atoms with van der Waals surface area (Å²) in [5, 5.41) is 8.41. The lowest BCUT2D eigenvalue weighted by molar-refractivity contribution is 0.580. The zero-order valence-electron chi connectivity index (χ0n) is 12.3. The number of furan rings is 1. The van der Waals surface area contributed by atoms with Crippen LogP contribution in [0.5, 0.6) is 0 Å². The zero-order valence-corrected chi connectivity index (χ0v) is 12.3. The number of nitrogens with zero attached hydrogens (tertiary/aromatic N) is 5. The van der Waals surface area contributed by atoms with Crippen molar-refractivity contribution in [2.45, 2.75) is 13.1 Å². The van der Waals surface area contributed by atoms with Gasteiger partial charge in [-0.15, -0.1) is 5.10 Å². The summed E-state index contributed by atoms with van der Waals surface area (Å²) in [6.07, 6.45) is 3.10. The van der Waals surface area contributed by atoms with E-state index < -0.39 is 0 Å². The zero-order chi connectivity index (χ0) is 15.6. The molecule has 2 N–H and O–H groups in total. The van der Waals surface area contributed by atoms with Crippen molar-refractivity contribution in [3.8, 4) is 11.5 Å². The van der Waals surface area contributed by atoms with Gasteiger partial charge in [0.05, 0.1) is 12.8 Å². The fraction of sp³-hybridized carbons (Fsp3) is 0.125. The molecule has 114 valence electrons. The number of rotatable bonds is 4.